The molecule has 0 atom stereocenters. The fourth-order valence-corrected chi connectivity index (χ4v) is 2.85. The molecule has 0 unspecified atom stereocenters. The summed E-state index contributed by atoms with van der Waals surface area (Å²) in [6.45, 7) is 7.70. The van der Waals surface area contributed by atoms with Gasteiger partial charge in [0.1, 0.15) is 0 Å². The highest BCUT2D eigenvalue weighted by Gasteiger charge is 2.25. The Morgan fingerprint density at radius 3 is 2.80 bits per heavy atom. The molecular formula is C12H24N4O3S. The van der Waals surface area contributed by atoms with Gasteiger partial charge in [0, 0.05) is 25.7 Å². The Morgan fingerprint density at radius 1 is 1.50 bits per heavy atom. The van der Waals surface area contributed by atoms with E-state index < -0.39 is 10.0 Å². The number of hydrogen-bond donors (Lipinski definition) is 2. The van der Waals surface area contributed by atoms with Gasteiger partial charge in [-0.05, 0) is 20.4 Å². The number of aromatic nitrogens is 2. The van der Waals surface area contributed by atoms with Crippen molar-refractivity contribution in [2.24, 2.45) is 0 Å². The van der Waals surface area contributed by atoms with Crippen LogP contribution in [0.25, 0.3) is 0 Å². The summed E-state index contributed by atoms with van der Waals surface area (Å²) in [5.74, 6) is 0. The number of likely N-dealkylation sites (N-methyl/N-ethyl adjacent to an activating group) is 1. The van der Waals surface area contributed by atoms with E-state index in [2.05, 4.69) is 15.5 Å². The Bertz CT molecular complexity index is 499. The number of hydrogen-bond acceptors (Lipinski definition) is 5. The Labute approximate surface area is 120 Å². The normalized spacial score (nSPS) is 12.5. The third kappa shape index (κ3) is 4.55. The van der Waals surface area contributed by atoms with Crippen molar-refractivity contribution in [1.82, 2.24) is 19.8 Å². The van der Waals surface area contributed by atoms with Gasteiger partial charge in [0.2, 0.25) is 0 Å². The molecule has 0 radical (unpaired) electrons. The Balaban J connectivity index is 2.74. The average Bonchev–Trinajstić information content (AvgIpc) is 2.84. The minimum Gasteiger partial charge on any atom is -0.377 e. The number of sulfonamides is 1. The summed E-state index contributed by atoms with van der Waals surface area (Å²) in [4.78, 5) is 0. The topological polar surface area (TPSA) is 87.3 Å². The lowest BCUT2D eigenvalue weighted by atomic mass is 10.3. The number of nitrogens with zero attached hydrogens (tertiary/aromatic N) is 2. The Hall–Kier alpha value is -0.960. The van der Waals surface area contributed by atoms with Crippen LogP contribution in [0.1, 0.15) is 26.3 Å². The largest absolute Gasteiger partial charge is 0.377 e. The molecule has 1 aromatic heterocycles. The number of H-pyrrole nitrogens is 1. The van der Waals surface area contributed by atoms with E-state index in [0.29, 0.717) is 25.3 Å². The molecule has 0 aromatic carbocycles. The van der Waals surface area contributed by atoms with Gasteiger partial charge in [0.05, 0.1) is 18.9 Å². The molecule has 0 fully saturated rings. The fraction of sp³-hybridized carbons (Fsp3) is 0.750. The summed E-state index contributed by atoms with van der Waals surface area (Å²) >= 11 is 0. The van der Waals surface area contributed by atoms with Crippen molar-refractivity contribution in [3.63, 3.8) is 0 Å². The van der Waals surface area contributed by atoms with Crippen LogP contribution >= 0.6 is 0 Å². The second-order valence-electron chi connectivity index (χ2n) is 4.75. The summed E-state index contributed by atoms with van der Waals surface area (Å²) in [7, 11) is -2.02. The molecule has 0 aliphatic carbocycles. The molecule has 0 bridgehead atoms. The minimum absolute atomic E-state index is 0.0857. The van der Waals surface area contributed by atoms with Crippen LogP contribution < -0.4 is 5.32 Å². The molecule has 2 N–H and O–H groups in total. The monoisotopic (exact) mass is 304 g/mol. The third-order valence-corrected chi connectivity index (χ3v) is 4.64. The predicted octanol–water partition coefficient (Wildman–Crippen LogP) is 0.565. The Morgan fingerprint density at radius 2 is 2.20 bits per heavy atom. The molecule has 0 aliphatic rings. The van der Waals surface area contributed by atoms with E-state index in [1.165, 1.54) is 17.5 Å². The maximum atomic E-state index is 12.4. The van der Waals surface area contributed by atoms with Gasteiger partial charge in [-0.25, -0.2) is 8.42 Å². The lowest BCUT2D eigenvalue weighted by Crippen LogP contribution is -2.32. The lowest BCUT2D eigenvalue weighted by Gasteiger charge is -2.17. The van der Waals surface area contributed by atoms with Crippen LogP contribution in [0.15, 0.2) is 11.2 Å². The second-order valence-corrected chi connectivity index (χ2v) is 6.73. The van der Waals surface area contributed by atoms with Crippen molar-refractivity contribution in [1.29, 1.82) is 0 Å². The van der Waals surface area contributed by atoms with Gasteiger partial charge < -0.3 is 10.1 Å². The molecular weight excluding hydrogens is 280 g/mol. The molecule has 116 valence electrons. The second kappa shape index (κ2) is 7.72. The summed E-state index contributed by atoms with van der Waals surface area (Å²) in [5.41, 5.74) is 0.642. The van der Waals surface area contributed by atoms with E-state index in [1.54, 1.807) is 0 Å². The predicted molar refractivity (Wildman–Crippen MR) is 76.9 cm³/mol. The standard InChI is InChI=1S/C12H24N4O3S/c1-5-13-8-11-9-14-15-12(11)20(17,18)16(4)6-7-19-10(2)3/h9-10,13H,5-8H2,1-4H3,(H,14,15). The highest BCUT2D eigenvalue weighted by molar-refractivity contribution is 7.89. The molecule has 1 rings (SSSR count). The van der Waals surface area contributed by atoms with E-state index in [1.807, 2.05) is 20.8 Å². The minimum atomic E-state index is -3.56. The molecule has 1 heterocycles. The molecule has 20 heavy (non-hydrogen) atoms. The van der Waals surface area contributed by atoms with E-state index in [-0.39, 0.29) is 11.1 Å². The quantitative estimate of drug-likeness (QED) is 0.696. The molecule has 0 saturated heterocycles. The zero-order valence-corrected chi connectivity index (χ0v) is 13.3. The van der Waals surface area contributed by atoms with Crippen molar-refractivity contribution in [2.75, 3.05) is 26.7 Å². The van der Waals surface area contributed by atoms with Gasteiger partial charge >= 0.3 is 0 Å². The van der Waals surface area contributed by atoms with E-state index in [4.69, 9.17) is 4.74 Å². The van der Waals surface area contributed by atoms with Crippen LogP contribution in [0.3, 0.4) is 0 Å². The SMILES string of the molecule is CCNCc1cn[nH]c1S(=O)(=O)N(C)CCOC(C)C. The van der Waals surface area contributed by atoms with Crippen LogP contribution in [0.2, 0.25) is 0 Å². The van der Waals surface area contributed by atoms with E-state index in [9.17, 15) is 8.42 Å². The van der Waals surface area contributed by atoms with E-state index in [0.717, 1.165) is 6.54 Å². The molecule has 0 amide bonds. The van der Waals surface area contributed by atoms with Gasteiger partial charge in [-0.2, -0.15) is 9.40 Å². The number of nitrogens with one attached hydrogen (secondary N) is 2. The van der Waals surface area contributed by atoms with Gasteiger partial charge in [-0.1, -0.05) is 6.92 Å². The fourth-order valence-electron chi connectivity index (χ4n) is 1.60. The number of aromatic amines is 1. The van der Waals surface area contributed by atoms with Crippen LogP contribution in [-0.4, -0.2) is 55.8 Å². The average molecular weight is 304 g/mol. The maximum Gasteiger partial charge on any atom is 0.260 e. The van der Waals surface area contributed by atoms with Gasteiger partial charge in [-0.3, -0.25) is 5.10 Å². The number of rotatable bonds is 9. The summed E-state index contributed by atoms with van der Waals surface area (Å²) in [5, 5.41) is 9.64. The first-order valence-corrected chi connectivity index (χ1v) is 8.14. The summed E-state index contributed by atoms with van der Waals surface area (Å²) in [6.07, 6.45) is 1.62. The lowest BCUT2D eigenvalue weighted by molar-refractivity contribution is 0.0737. The third-order valence-electron chi connectivity index (χ3n) is 2.77. The van der Waals surface area contributed by atoms with Crippen molar-refractivity contribution < 1.29 is 13.2 Å². The highest BCUT2D eigenvalue weighted by Crippen LogP contribution is 2.16. The van der Waals surface area contributed by atoms with Gasteiger partial charge in [0.15, 0.2) is 5.03 Å². The summed E-state index contributed by atoms with van der Waals surface area (Å²) in [6, 6.07) is 0. The van der Waals surface area contributed by atoms with Crippen molar-refractivity contribution in [2.45, 2.75) is 38.4 Å². The zero-order chi connectivity index (χ0) is 15.2. The smallest absolute Gasteiger partial charge is 0.260 e. The zero-order valence-electron chi connectivity index (χ0n) is 12.5. The van der Waals surface area contributed by atoms with Crippen molar-refractivity contribution in [3.8, 4) is 0 Å². The Kier molecular flexibility index (Phi) is 6.60. The first-order chi connectivity index (χ1) is 9.39. The highest BCUT2D eigenvalue weighted by atomic mass is 32.2. The molecule has 0 spiro atoms. The van der Waals surface area contributed by atoms with Crippen LogP contribution in [0.4, 0.5) is 0 Å². The van der Waals surface area contributed by atoms with Gasteiger partial charge in [-0.15, -0.1) is 0 Å². The molecule has 0 saturated carbocycles. The molecule has 0 aliphatic heterocycles. The molecule has 8 heteroatoms. The van der Waals surface area contributed by atoms with E-state index >= 15 is 0 Å². The molecule has 1 aromatic rings. The van der Waals surface area contributed by atoms with Crippen molar-refractivity contribution in [3.05, 3.63) is 11.8 Å². The summed E-state index contributed by atoms with van der Waals surface area (Å²) < 4.78 is 31.5. The number of ether oxygens (including phenoxy) is 1. The van der Waals surface area contributed by atoms with Gasteiger partial charge in [0.25, 0.3) is 10.0 Å². The van der Waals surface area contributed by atoms with Crippen LogP contribution in [0, 0.1) is 0 Å². The first kappa shape index (κ1) is 17.1. The molecule has 7 nitrogen and oxygen atoms in total. The first-order valence-electron chi connectivity index (χ1n) is 6.70. The van der Waals surface area contributed by atoms with Crippen molar-refractivity contribution >= 4 is 10.0 Å². The maximum absolute atomic E-state index is 12.4. The van der Waals surface area contributed by atoms with Crippen LogP contribution in [0.5, 0.6) is 0 Å². The van der Waals surface area contributed by atoms with Crippen LogP contribution in [-0.2, 0) is 21.3 Å².